The summed E-state index contributed by atoms with van der Waals surface area (Å²) in [6.45, 7) is 0. The molecule has 0 aliphatic carbocycles. The van der Waals surface area contributed by atoms with Crippen LogP contribution in [0.5, 0.6) is 11.8 Å². The summed E-state index contributed by atoms with van der Waals surface area (Å²) < 4.78 is 38.0. The molecule has 164 valence electrons. The van der Waals surface area contributed by atoms with Crippen LogP contribution in [0.2, 0.25) is 0 Å². The molecule has 3 heterocycles. The summed E-state index contributed by atoms with van der Waals surface area (Å²) in [4.78, 5) is 20.8. The van der Waals surface area contributed by atoms with Crippen molar-refractivity contribution in [1.29, 1.82) is 0 Å². The van der Waals surface area contributed by atoms with Gasteiger partial charge in [0.05, 0.1) is 19.1 Å². The Morgan fingerprint density at radius 2 is 1.78 bits per heavy atom. The Labute approximate surface area is 185 Å². The Hall–Kier alpha value is -3.72. The van der Waals surface area contributed by atoms with Crippen LogP contribution in [-0.4, -0.2) is 42.8 Å². The lowest BCUT2D eigenvalue weighted by Crippen LogP contribution is -2.07. The van der Waals surface area contributed by atoms with Gasteiger partial charge in [-0.05, 0) is 42.3 Å². The molecule has 9 heteroatoms. The van der Waals surface area contributed by atoms with Gasteiger partial charge in [0.15, 0.2) is 5.78 Å². The van der Waals surface area contributed by atoms with Crippen LogP contribution in [0.1, 0.15) is 22.3 Å². The number of carbonyl (C=O) groups excluding carboxylic acids is 1. The first-order valence-corrected chi connectivity index (χ1v) is 11.3. The fraction of sp³-hybridized carbons (Fsp3) is 0.174. The molecular formula is C23H21N3O5S. The van der Waals surface area contributed by atoms with E-state index in [1.165, 1.54) is 38.5 Å². The molecule has 0 amide bonds. The van der Waals surface area contributed by atoms with Crippen molar-refractivity contribution in [1.82, 2.24) is 14.4 Å². The summed E-state index contributed by atoms with van der Waals surface area (Å²) in [5, 5.41) is 0. The van der Waals surface area contributed by atoms with Crippen molar-refractivity contribution >= 4 is 21.3 Å². The van der Waals surface area contributed by atoms with Crippen molar-refractivity contribution in [2.45, 2.75) is 22.6 Å². The number of aromatic nitrogens is 3. The number of ketones is 1. The highest BCUT2D eigenvalue weighted by molar-refractivity contribution is 7.91. The maximum Gasteiger partial charge on any atom is 0.235 e. The van der Waals surface area contributed by atoms with E-state index in [0.717, 1.165) is 11.2 Å². The van der Waals surface area contributed by atoms with E-state index in [1.807, 2.05) is 0 Å². The Bertz CT molecular complexity index is 1380. The normalized spacial score (nSPS) is 11.4. The molecule has 32 heavy (non-hydrogen) atoms. The third kappa shape index (κ3) is 4.19. The van der Waals surface area contributed by atoms with Gasteiger partial charge in [-0.3, -0.25) is 4.79 Å². The zero-order valence-corrected chi connectivity index (χ0v) is 18.4. The molecule has 1 aromatic carbocycles. The number of carbonyl (C=O) groups is 1. The first-order chi connectivity index (χ1) is 15.4. The van der Waals surface area contributed by atoms with Crippen LogP contribution in [0, 0.1) is 0 Å². The molecule has 0 spiro atoms. The number of rotatable bonds is 8. The van der Waals surface area contributed by atoms with Gasteiger partial charge in [-0.2, -0.15) is 4.98 Å². The van der Waals surface area contributed by atoms with Gasteiger partial charge in [0.2, 0.25) is 21.6 Å². The second kappa shape index (κ2) is 8.80. The molecule has 4 aromatic rings. The third-order valence-corrected chi connectivity index (χ3v) is 6.86. The molecule has 0 N–H and O–H groups in total. The number of sulfone groups is 1. The van der Waals surface area contributed by atoms with E-state index in [9.17, 15) is 13.2 Å². The van der Waals surface area contributed by atoms with Gasteiger partial charge in [-0.25, -0.2) is 13.4 Å². The summed E-state index contributed by atoms with van der Waals surface area (Å²) in [6.07, 6.45) is 6.03. The van der Waals surface area contributed by atoms with Gasteiger partial charge in [-0.15, -0.1) is 0 Å². The van der Waals surface area contributed by atoms with Gasteiger partial charge in [0.1, 0.15) is 10.5 Å². The van der Waals surface area contributed by atoms with Gasteiger partial charge in [0.25, 0.3) is 0 Å². The van der Waals surface area contributed by atoms with Crippen molar-refractivity contribution in [2.24, 2.45) is 0 Å². The van der Waals surface area contributed by atoms with Crippen LogP contribution in [0.3, 0.4) is 0 Å². The lowest BCUT2D eigenvalue weighted by atomic mass is 10.0. The lowest BCUT2D eigenvalue weighted by molar-refractivity contribution is 0.0982. The van der Waals surface area contributed by atoms with E-state index in [2.05, 4.69) is 9.97 Å². The van der Waals surface area contributed by atoms with E-state index in [4.69, 9.17) is 9.47 Å². The molecule has 0 radical (unpaired) electrons. The summed E-state index contributed by atoms with van der Waals surface area (Å²) in [5.74, 6) is 0.230. The second-order valence-electron chi connectivity index (χ2n) is 7.04. The number of fused-ring (bicyclic) bond motifs is 1. The molecule has 0 aliphatic rings. The zero-order chi connectivity index (χ0) is 22.7. The molecule has 0 saturated heterocycles. The Balaban J connectivity index is 1.48. The molecule has 8 nitrogen and oxygen atoms in total. The molecule has 0 atom stereocenters. The highest BCUT2D eigenvalue weighted by Gasteiger charge is 2.24. The number of nitrogens with zero attached hydrogens (tertiary/aromatic N) is 3. The number of pyridine rings is 2. The zero-order valence-electron chi connectivity index (χ0n) is 17.6. The predicted molar refractivity (Wildman–Crippen MR) is 117 cm³/mol. The quantitative estimate of drug-likeness (QED) is 0.379. The minimum Gasteiger partial charge on any atom is -0.481 e. The van der Waals surface area contributed by atoms with Crippen LogP contribution in [0.25, 0.3) is 5.65 Å². The number of aryl methyl sites for hydroxylation is 1. The van der Waals surface area contributed by atoms with Crippen molar-refractivity contribution in [3.63, 3.8) is 0 Å². The van der Waals surface area contributed by atoms with Crippen LogP contribution in [0.4, 0.5) is 0 Å². The molecule has 4 rings (SSSR count). The standard InChI is InChI=1S/C23H21N3O5S/c1-30-22-12-10-20(23(25-22)31-2)32(28,29)18-7-3-16(4-8-18)5-9-19(27)17-6-11-21-24-13-14-26(21)15-17/h3-4,6-8,10-15H,5,9H2,1-2H3. The van der Waals surface area contributed by atoms with E-state index < -0.39 is 9.84 Å². The monoisotopic (exact) mass is 451 g/mol. The average molecular weight is 452 g/mol. The number of benzene rings is 1. The molecule has 0 fully saturated rings. The van der Waals surface area contributed by atoms with Crippen LogP contribution >= 0.6 is 0 Å². The maximum atomic E-state index is 13.0. The van der Waals surface area contributed by atoms with E-state index in [0.29, 0.717) is 18.4 Å². The SMILES string of the molecule is COc1ccc(S(=O)(=O)c2ccc(CCC(=O)c3ccc4nccn4c3)cc2)c(OC)n1. The van der Waals surface area contributed by atoms with E-state index in [1.54, 1.807) is 47.3 Å². The minimum atomic E-state index is -3.83. The maximum absolute atomic E-state index is 13.0. The average Bonchev–Trinajstić information content (AvgIpc) is 3.30. The molecule has 3 aromatic heterocycles. The largest absolute Gasteiger partial charge is 0.481 e. The Kier molecular flexibility index (Phi) is 5.91. The minimum absolute atomic E-state index is 0.00587. The molecule has 0 saturated carbocycles. The summed E-state index contributed by atoms with van der Waals surface area (Å²) >= 11 is 0. The smallest absolute Gasteiger partial charge is 0.235 e. The number of methoxy groups -OCH3 is 2. The fourth-order valence-corrected chi connectivity index (χ4v) is 4.68. The second-order valence-corrected chi connectivity index (χ2v) is 8.96. The van der Waals surface area contributed by atoms with E-state index in [-0.39, 0.29) is 27.3 Å². The van der Waals surface area contributed by atoms with Crippen molar-refractivity contribution in [2.75, 3.05) is 14.2 Å². The summed E-state index contributed by atoms with van der Waals surface area (Å²) in [7, 11) is -1.04. The highest BCUT2D eigenvalue weighted by atomic mass is 32.2. The summed E-state index contributed by atoms with van der Waals surface area (Å²) in [6, 6.07) is 12.9. The van der Waals surface area contributed by atoms with Gasteiger partial charge in [0, 0.05) is 36.6 Å². The number of hydrogen-bond donors (Lipinski definition) is 0. The van der Waals surface area contributed by atoms with Gasteiger partial charge >= 0.3 is 0 Å². The van der Waals surface area contributed by atoms with Crippen LogP contribution in [-0.2, 0) is 16.3 Å². The van der Waals surface area contributed by atoms with Crippen molar-refractivity contribution < 1.29 is 22.7 Å². The van der Waals surface area contributed by atoms with Crippen molar-refractivity contribution in [3.8, 4) is 11.8 Å². The van der Waals surface area contributed by atoms with Gasteiger partial charge in [-0.1, -0.05) is 12.1 Å². The number of Topliss-reactive ketones (excluding diaryl/α,β-unsaturated/α-hetero) is 1. The lowest BCUT2D eigenvalue weighted by Gasteiger charge is -2.10. The molecular weight excluding hydrogens is 430 g/mol. The van der Waals surface area contributed by atoms with Crippen molar-refractivity contribution in [3.05, 3.63) is 78.2 Å². The Morgan fingerprint density at radius 1 is 1.00 bits per heavy atom. The molecule has 0 bridgehead atoms. The first-order valence-electron chi connectivity index (χ1n) is 9.81. The first kappa shape index (κ1) is 21.5. The van der Waals surface area contributed by atoms with Crippen LogP contribution < -0.4 is 9.47 Å². The molecule has 0 unspecified atom stereocenters. The third-order valence-electron chi connectivity index (χ3n) is 5.08. The molecule has 0 aliphatic heterocycles. The number of hydrogen-bond acceptors (Lipinski definition) is 7. The fourth-order valence-electron chi connectivity index (χ4n) is 3.32. The highest BCUT2D eigenvalue weighted by Crippen LogP contribution is 2.30. The van der Waals surface area contributed by atoms with E-state index >= 15 is 0 Å². The summed E-state index contributed by atoms with van der Waals surface area (Å²) in [5.41, 5.74) is 2.25. The van der Waals surface area contributed by atoms with Crippen LogP contribution in [0.15, 0.2) is 76.9 Å². The Morgan fingerprint density at radius 3 is 2.50 bits per heavy atom. The van der Waals surface area contributed by atoms with Gasteiger partial charge < -0.3 is 13.9 Å². The predicted octanol–water partition coefficient (Wildman–Crippen LogP) is 3.39. The topological polar surface area (TPSA) is 99.9 Å². The number of ether oxygens (including phenoxy) is 2. The number of imidazole rings is 1.